The Morgan fingerprint density at radius 3 is 2.45 bits per heavy atom. The molecule has 0 fully saturated rings. The molecule has 6 heteroatoms. The number of benzene rings is 1. The molecule has 0 bridgehead atoms. The van der Waals surface area contributed by atoms with Crippen molar-refractivity contribution in [2.24, 2.45) is 0 Å². The number of pyridine rings is 1. The summed E-state index contributed by atoms with van der Waals surface area (Å²) in [6.07, 6.45) is 4.35. The molecule has 104 valence electrons. The summed E-state index contributed by atoms with van der Waals surface area (Å²) in [5.74, 6) is -0.291. The third-order valence-corrected chi connectivity index (χ3v) is 3.42. The van der Waals surface area contributed by atoms with Crippen molar-refractivity contribution in [2.45, 2.75) is 5.75 Å². The van der Waals surface area contributed by atoms with E-state index in [0.717, 1.165) is 0 Å². The Bertz CT molecular complexity index is 695. The molecule has 1 N–H and O–H groups in total. The number of hydrogen-bond donors (Lipinski definition) is 1. The number of nitrogens with zero attached hydrogens (tertiary/aromatic N) is 1. The minimum absolute atomic E-state index is 0.0303. The number of nitrogens with one attached hydrogen (secondary N) is 1. The zero-order chi connectivity index (χ0) is 14.6. The third kappa shape index (κ3) is 4.17. The standard InChI is InChI=1S/C14H14N2O3S/c1-20(18,19)10-11-4-6-12(7-5-11)14(17)16-13-3-2-8-15-9-13/h2-9H,10H2,1H3,(H,16,17). The summed E-state index contributed by atoms with van der Waals surface area (Å²) in [7, 11) is -3.07. The van der Waals surface area contributed by atoms with Crippen molar-refractivity contribution < 1.29 is 13.2 Å². The summed E-state index contributed by atoms with van der Waals surface area (Å²) in [4.78, 5) is 15.9. The smallest absolute Gasteiger partial charge is 0.255 e. The van der Waals surface area contributed by atoms with E-state index in [2.05, 4.69) is 10.3 Å². The topological polar surface area (TPSA) is 76.1 Å². The van der Waals surface area contributed by atoms with Gasteiger partial charge in [-0.1, -0.05) is 12.1 Å². The molecule has 2 aromatic rings. The van der Waals surface area contributed by atoms with Crippen molar-refractivity contribution in [1.82, 2.24) is 4.98 Å². The van der Waals surface area contributed by atoms with Gasteiger partial charge in [0, 0.05) is 18.0 Å². The quantitative estimate of drug-likeness (QED) is 0.932. The number of rotatable bonds is 4. The van der Waals surface area contributed by atoms with E-state index in [1.807, 2.05) is 0 Å². The Hall–Kier alpha value is -2.21. The lowest BCUT2D eigenvalue weighted by molar-refractivity contribution is 0.102. The molecule has 0 spiro atoms. The summed E-state index contributed by atoms with van der Waals surface area (Å²) in [6, 6.07) is 9.95. The third-order valence-electron chi connectivity index (χ3n) is 2.56. The van der Waals surface area contributed by atoms with Crippen LogP contribution in [0.1, 0.15) is 15.9 Å². The molecular weight excluding hydrogens is 276 g/mol. The van der Waals surface area contributed by atoms with Crippen LogP contribution in [0.5, 0.6) is 0 Å². The van der Waals surface area contributed by atoms with Gasteiger partial charge in [-0.05, 0) is 29.8 Å². The Morgan fingerprint density at radius 2 is 1.90 bits per heavy atom. The SMILES string of the molecule is CS(=O)(=O)Cc1ccc(C(=O)Nc2cccnc2)cc1. The zero-order valence-electron chi connectivity index (χ0n) is 10.9. The number of carbonyl (C=O) groups is 1. The van der Waals surface area contributed by atoms with Crippen LogP contribution in [0.15, 0.2) is 48.8 Å². The molecule has 0 saturated heterocycles. The van der Waals surface area contributed by atoms with E-state index in [9.17, 15) is 13.2 Å². The monoisotopic (exact) mass is 290 g/mol. The van der Waals surface area contributed by atoms with Crippen LogP contribution >= 0.6 is 0 Å². The molecule has 1 amide bonds. The highest BCUT2D eigenvalue weighted by Gasteiger charge is 2.08. The van der Waals surface area contributed by atoms with Gasteiger partial charge in [-0.3, -0.25) is 9.78 Å². The Kier molecular flexibility index (Phi) is 4.14. The van der Waals surface area contributed by atoms with Crippen molar-refractivity contribution in [3.8, 4) is 0 Å². The maximum atomic E-state index is 12.0. The highest BCUT2D eigenvalue weighted by molar-refractivity contribution is 7.89. The van der Waals surface area contributed by atoms with Gasteiger partial charge in [-0.2, -0.15) is 0 Å². The van der Waals surface area contributed by atoms with Crippen molar-refractivity contribution >= 4 is 21.4 Å². The molecule has 0 saturated carbocycles. The second-order valence-corrected chi connectivity index (χ2v) is 6.60. The van der Waals surface area contributed by atoms with E-state index in [4.69, 9.17) is 0 Å². The van der Waals surface area contributed by atoms with Crippen LogP contribution < -0.4 is 5.32 Å². The highest BCUT2D eigenvalue weighted by Crippen LogP contribution is 2.10. The van der Waals surface area contributed by atoms with Crippen LogP contribution in [0.2, 0.25) is 0 Å². The molecule has 0 aliphatic carbocycles. The fourth-order valence-corrected chi connectivity index (χ4v) is 2.49. The van der Waals surface area contributed by atoms with Crippen molar-refractivity contribution in [2.75, 3.05) is 11.6 Å². The van der Waals surface area contributed by atoms with Gasteiger partial charge in [-0.15, -0.1) is 0 Å². The second kappa shape index (κ2) is 5.83. The van der Waals surface area contributed by atoms with Gasteiger partial charge in [0.15, 0.2) is 9.84 Å². The van der Waals surface area contributed by atoms with Gasteiger partial charge in [0.05, 0.1) is 17.6 Å². The number of carbonyl (C=O) groups excluding carboxylic acids is 1. The Labute approximate surface area is 117 Å². The maximum Gasteiger partial charge on any atom is 0.255 e. The molecule has 1 heterocycles. The number of anilines is 1. The largest absolute Gasteiger partial charge is 0.321 e. The molecule has 2 rings (SSSR count). The van der Waals surface area contributed by atoms with E-state index in [-0.39, 0.29) is 11.7 Å². The average Bonchev–Trinajstić information content (AvgIpc) is 2.39. The second-order valence-electron chi connectivity index (χ2n) is 4.46. The van der Waals surface area contributed by atoms with Crippen LogP contribution in [0.3, 0.4) is 0 Å². The molecule has 1 aromatic carbocycles. The van der Waals surface area contributed by atoms with Gasteiger partial charge in [0.2, 0.25) is 0 Å². The number of aromatic nitrogens is 1. The lowest BCUT2D eigenvalue weighted by Gasteiger charge is -2.05. The van der Waals surface area contributed by atoms with E-state index >= 15 is 0 Å². The summed E-state index contributed by atoms with van der Waals surface area (Å²) < 4.78 is 22.3. The number of amides is 1. The number of hydrogen-bond acceptors (Lipinski definition) is 4. The molecule has 0 atom stereocenters. The predicted molar refractivity (Wildman–Crippen MR) is 77.2 cm³/mol. The van der Waals surface area contributed by atoms with Crippen molar-refractivity contribution in [3.05, 3.63) is 59.9 Å². The van der Waals surface area contributed by atoms with Gasteiger partial charge in [0.25, 0.3) is 5.91 Å². The summed E-state index contributed by atoms with van der Waals surface area (Å²) >= 11 is 0. The van der Waals surface area contributed by atoms with Crippen LogP contribution in [-0.4, -0.2) is 25.6 Å². The average molecular weight is 290 g/mol. The Morgan fingerprint density at radius 1 is 1.20 bits per heavy atom. The fraction of sp³-hybridized carbons (Fsp3) is 0.143. The molecule has 0 unspecified atom stereocenters. The predicted octanol–water partition coefficient (Wildman–Crippen LogP) is 1.88. The minimum Gasteiger partial charge on any atom is -0.321 e. The van der Waals surface area contributed by atoms with Crippen LogP contribution in [0, 0.1) is 0 Å². The zero-order valence-corrected chi connectivity index (χ0v) is 11.7. The normalized spacial score (nSPS) is 11.1. The summed E-state index contributed by atoms with van der Waals surface area (Å²) in [5, 5.41) is 2.71. The Balaban J connectivity index is 2.08. The summed E-state index contributed by atoms with van der Waals surface area (Å²) in [6.45, 7) is 0. The van der Waals surface area contributed by atoms with Gasteiger partial charge >= 0.3 is 0 Å². The van der Waals surface area contributed by atoms with Crippen molar-refractivity contribution in [3.63, 3.8) is 0 Å². The van der Waals surface area contributed by atoms with Crippen LogP contribution in [0.4, 0.5) is 5.69 Å². The minimum atomic E-state index is -3.07. The highest BCUT2D eigenvalue weighted by atomic mass is 32.2. The van der Waals surface area contributed by atoms with E-state index in [0.29, 0.717) is 16.8 Å². The molecule has 20 heavy (non-hydrogen) atoms. The fourth-order valence-electron chi connectivity index (χ4n) is 1.70. The molecule has 5 nitrogen and oxygen atoms in total. The molecule has 0 aliphatic rings. The van der Waals surface area contributed by atoms with E-state index in [1.165, 1.54) is 6.26 Å². The summed E-state index contributed by atoms with van der Waals surface area (Å²) in [5.41, 5.74) is 1.73. The lowest BCUT2D eigenvalue weighted by atomic mass is 10.1. The first-order valence-electron chi connectivity index (χ1n) is 5.92. The van der Waals surface area contributed by atoms with E-state index in [1.54, 1.807) is 48.8 Å². The lowest BCUT2D eigenvalue weighted by Crippen LogP contribution is -2.12. The first kappa shape index (κ1) is 14.2. The van der Waals surface area contributed by atoms with Gasteiger partial charge in [-0.25, -0.2) is 8.42 Å². The van der Waals surface area contributed by atoms with Gasteiger partial charge in [0.1, 0.15) is 0 Å². The van der Waals surface area contributed by atoms with Crippen LogP contribution in [0.25, 0.3) is 0 Å². The molecular formula is C14H14N2O3S. The molecule has 0 aliphatic heterocycles. The van der Waals surface area contributed by atoms with Crippen molar-refractivity contribution in [1.29, 1.82) is 0 Å². The first-order chi connectivity index (χ1) is 9.44. The van der Waals surface area contributed by atoms with Gasteiger partial charge < -0.3 is 5.32 Å². The first-order valence-corrected chi connectivity index (χ1v) is 7.98. The van der Waals surface area contributed by atoms with E-state index < -0.39 is 9.84 Å². The molecule has 1 aromatic heterocycles. The maximum absolute atomic E-state index is 12.0. The number of sulfone groups is 1. The molecule has 0 radical (unpaired) electrons. The van der Waals surface area contributed by atoms with Crippen LogP contribution in [-0.2, 0) is 15.6 Å².